The second-order valence-corrected chi connectivity index (χ2v) is 5.56. The van der Waals surface area contributed by atoms with Gasteiger partial charge in [0.1, 0.15) is 0 Å². The minimum atomic E-state index is 0.300. The average Bonchev–Trinajstić information content (AvgIpc) is 2.88. The normalized spacial score (nSPS) is 12.7. The van der Waals surface area contributed by atoms with Crippen LogP contribution in [0, 0.1) is 6.92 Å². The van der Waals surface area contributed by atoms with Gasteiger partial charge in [0.05, 0.1) is 0 Å². The van der Waals surface area contributed by atoms with Crippen molar-refractivity contribution in [3.8, 4) is 11.5 Å². The van der Waals surface area contributed by atoms with Gasteiger partial charge in [0.2, 0.25) is 6.79 Å². The van der Waals surface area contributed by atoms with Crippen LogP contribution in [0.5, 0.6) is 11.5 Å². The molecule has 0 fully saturated rings. The molecule has 0 aliphatic carbocycles. The molecule has 3 rings (SSSR count). The zero-order valence-electron chi connectivity index (χ0n) is 11.1. The van der Waals surface area contributed by atoms with Crippen molar-refractivity contribution in [1.82, 2.24) is 10.3 Å². The Morgan fingerprint density at radius 3 is 2.75 bits per heavy atom. The predicted molar refractivity (Wildman–Crippen MR) is 79.8 cm³/mol. The van der Waals surface area contributed by atoms with Crippen molar-refractivity contribution in [2.75, 3.05) is 6.79 Å². The number of benzene rings is 1. The molecule has 1 aromatic carbocycles. The first-order chi connectivity index (χ1) is 9.74. The minimum absolute atomic E-state index is 0.300. The summed E-state index contributed by atoms with van der Waals surface area (Å²) in [5.41, 5.74) is 3.61. The monoisotopic (exact) mass is 334 g/mol. The number of halogens is 1. The molecule has 1 N–H and O–H groups in total. The summed E-state index contributed by atoms with van der Waals surface area (Å²) >= 11 is 3.57. The summed E-state index contributed by atoms with van der Waals surface area (Å²) in [5, 5.41) is 3.44. The third kappa shape index (κ3) is 2.78. The van der Waals surface area contributed by atoms with Gasteiger partial charge in [0, 0.05) is 30.0 Å². The molecule has 2 aromatic rings. The second-order valence-electron chi connectivity index (χ2n) is 4.70. The van der Waals surface area contributed by atoms with E-state index >= 15 is 0 Å². The second kappa shape index (κ2) is 5.81. The molecule has 0 unspecified atom stereocenters. The molecular formula is C15H15BrN2O2. The van der Waals surface area contributed by atoms with Gasteiger partial charge in [-0.3, -0.25) is 4.98 Å². The lowest BCUT2D eigenvalue weighted by atomic mass is 10.1. The van der Waals surface area contributed by atoms with E-state index in [1.807, 2.05) is 30.6 Å². The van der Waals surface area contributed by atoms with Gasteiger partial charge in [-0.15, -0.1) is 0 Å². The van der Waals surface area contributed by atoms with Crippen LogP contribution in [0.4, 0.5) is 0 Å². The zero-order valence-corrected chi connectivity index (χ0v) is 12.7. The lowest BCUT2D eigenvalue weighted by Crippen LogP contribution is -2.14. The molecule has 2 heterocycles. The fourth-order valence-electron chi connectivity index (χ4n) is 2.13. The van der Waals surface area contributed by atoms with Gasteiger partial charge in [-0.25, -0.2) is 0 Å². The SMILES string of the molecule is Cc1cnccc1CNCc1cc2c(cc1Br)OCO2. The van der Waals surface area contributed by atoms with Gasteiger partial charge in [0.25, 0.3) is 0 Å². The van der Waals surface area contributed by atoms with Crippen molar-refractivity contribution in [2.24, 2.45) is 0 Å². The summed E-state index contributed by atoms with van der Waals surface area (Å²) < 4.78 is 11.8. The van der Waals surface area contributed by atoms with Crippen LogP contribution in [0.25, 0.3) is 0 Å². The van der Waals surface area contributed by atoms with E-state index in [1.54, 1.807) is 0 Å². The largest absolute Gasteiger partial charge is 0.454 e. The Kier molecular flexibility index (Phi) is 3.89. The van der Waals surface area contributed by atoms with Crippen LogP contribution in [0.15, 0.2) is 35.1 Å². The number of hydrogen-bond donors (Lipinski definition) is 1. The van der Waals surface area contributed by atoms with Crippen molar-refractivity contribution in [3.63, 3.8) is 0 Å². The number of hydrogen-bond acceptors (Lipinski definition) is 4. The zero-order chi connectivity index (χ0) is 13.9. The van der Waals surface area contributed by atoms with Crippen molar-refractivity contribution in [1.29, 1.82) is 0 Å². The van der Waals surface area contributed by atoms with Gasteiger partial charge in [-0.05, 0) is 41.8 Å². The third-order valence-corrected chi connectivity index (χ3v) is 4.05. The molecule has 1 aliphatic heterocycles. The first-order valence-corrected chi connectivity index (χ1v) is 7.21. The molecule has 0 atom stereocenters. The predicted octanol–water partition coefficient (Wildman–Crippen LogP) is 3.17. The smallest absolute Gasteiger partial charge is 0.231 e. The molecule has 0 saturated heterocycles. The highest BCUT2D eigenvalue weighted by molar-refractivity contribution is 9.10. The van der Waals surface area contributed by atoms with E-state index in [1.165, 1.54) is 11.1 Å². The molecule has 4 nitrogen and oxygen atoms in total. The van der Waals surface area contributed by atoms with E-state index in [0.29, 0.717) is 6.79 Å². The molecule has 104 valence electrons. The Morgan fingerprint density at radius 1 is 1.20 bits per heavy atom. The Bertz CT molecular complexity index is 631. The highest BCUT2D eigenvalue weighted by atomic mass is 79.9. The number of ether oxygens (including phenoxy) is 2. The van der Waals surface area contributed by atoms with E-state index < -0.39 is 0 Å². The summed E-state index contributed by atoms with van der Waals surface area (Å²) in [7, 11) is 0. The van der Waals surface area contributed by atoms with Crippen molar-refractivity contribution < 1.29 is 9.47 Å². The van der Waals surface area contributed by atoms with Gasteiger partial charge >= 0.3 is 0 Å². The Labute approximate surface area is 126 Å². The summed E-state index contributed by atoms with van der Waals surface area (Å²) in [6, 6.07) is 6.01. The maximum Gasteiger partial charge on any atom is 0.231 e. The lowest BCUT2D eigenvalue weighted by Gasteiger charge is -2.09. The Hall–Kier alpha value is -1.59. The minimum Gasteiger partial charge on any atom is -0.454 e. The quantitative estimate of drug-likeness (QED) is 0.932. The van der Waals surface area contributed by atoms with Crippen LogP contribution in [-0.4, -0.2) is 11.8 Å². The van der Waals surface area contributed by atoms with Crippen molar-refractivity contribution >= 4 is 15.9 Å². The molecule has 5 heteroatoms. The van der Waals surface area contributed by atoms with Crippen LogP contribution >= 0.6 is 15.9 Å². The molecule has 0 bridgehead atoms. The molecule has 1 aromatic heterocycles. The summed E-state index contributed by atoms with van der Waals surface area (Å²) in [4.78, 5) is 4.10. The highest BCUT2D eigenvalue weighted by Crippen LogP contribution is 2.36. The van der Waals surface area contributed by atoms with Crippen molar-refractivity contribution in [3.05, 3.63) is 51.8 Å². The Morgan fingerprint density at radius 2 is 1.95 bits per heavy atom. The molecule has 0 spiro atoms. The maximum atomic E-state index is 5.40. The Balaban J connectivity index is 1.66. The maximum absolute atomic E-state index is 5.40. The number of nitrogens with one attached hydrogen (secondary N) is 1. The van der Waals surface area contributed by atoms with Gasteiger partial charge in [-0.2, -0.15) is 0 Å². The fraction of sp³-hybridized carbons (Fsp3) is 0.267. The molecule has 0 amide bonds. The van der Waals surface area contributed by atoms with E-state index in [0.717, 1.165) is 34.6 Å². The fourth-order valence-corrected chi connectivity index (χ4v) is 2.59. The number of fused-ring (bicyclic) bond motifs is 1. The standard InChI is InChI=1S/C15H15BrN2O2/c1-10-6-17-3-2-11(10)7-18-8-12-4-14-15(5-13(12)16)20-9-19-14/h2-6,18H,7-9H2,1H3. The summed E-state index contributed by atoms with van der Waals surface area (Å²) in [6.45, 7) is 3.95. The molecule has 1 aliphatic rings. The number of pyridine rings is 1. The average molecular weight is 335 g/mol. The highest BCUT2D eigenvalue weighted by Gasteiger charge is 2.15. The molecule has 0 saturated carbocycles. The van der Waals surface area contributed by atoms with Crippen LogP contribution in [0.1, 0.15) is 16.7 Å². The van der Waals surface area contributed by atoms with Gasteiger partial charge < -0.3 is 14.8 Å². The van der Waals surface area contributed by atoms with Crippen LogP contribution < -0.4 is 14.8 Å². The number of aryl methyl sites for hydroxylation is 1. The number of rotatable bonds is 4. The van der Waals surface area contributed by atoms with Crippen molar-refractivity contribution in [2.45, 2.75) is 20.0 Å². The topological polar surface area (TPSA) is 43.4 Å². The van der Waals surface area contributed by atoms with Crippen LogP contribution in [0.2, 0.25) is 0 Å². The molecule has 0 radical (unpaired) electrons. The lowest BCUT2D eigenvalue weighted by molar-refractivity contribution is 0.174. The summed E-state index contributed by atoms with van der Waals surface area (Å²) in [6.07, 6.45) is 3.70. The van der Waals surface area contributed by atoms with Crippen LogP contribution in [0.3, 0.4) is 0 Å². The first kappa shape index (κ1) is 13.4. The number of nitrogens with zero attached hydrogens (tertiary/aromatic N) is 1. The van der Waals surface area contributed by atoms with E-state index in [2.05, 4.69) is 33.2 Å². The van der Waals surface area contributed by atoms with E-state index in [9.17, 15) is 0 Å². The summed E-state index contributed by atoms with van der Waals surface area (Å²) in [5.74, 6) is 1.61. The van der Waals surface area contributed by atoms with E-state index in [4.69, 9.17) is 9.47 Å². The third-order valence-electron chi connectivity index (χ3n) is 3.31. The van der Waals surface area contributed by atoms with Crippen LogP contribution in [-0.2, 0) is 13.1 Å². The first-order valence-electron chi connectivity index (χ1n) is 6.42. The number of aromatic nitrogens is 1. The van der Waals surface area contributed by atoms with E-state index in [-0.39, 0.29) is 0 Å². The van der Waals surface area contributed by atoms with Gasteiger partial charge in [0.15, 0.2) is 11.5 Å². The molecular weight excluding hydrogens is 320 g/mol. The van der Waals surface area contributed by atoms with Gasteiger partial charge in [-0.1, -0.05) is 15.9 Å². The molecule has 20 heavy (non-hydrogen) atoms.